The summed E-state index contributed by atoms with van der Waals surface area (Å²) in [4.78, 5) is 0. The van der Waals surface area contributed by atoms with Crippen LogP contribution in [-0.2, 0) is 4.74 Å². The molecular weight excluding hydrogens is 198 g/mol. The van der Waals surface area contributed by atoms with Crippen LogP contribution in [0.25, 0.3) is 0 Å². The second-order valence-corrected chi connectivity index (χ2v) is 6.37. The molecule has 2 nitrogen and oxygen atoms in total. The van der Waals surface area contributed by atoms with Crippen molar-refractivity contribution in [3.05, 3.63) is 0 Å². The molecule has 3 atom stereocenters. The van der Waals surface area contributed by atoms with Crippen molar-refractivity contribution in [2.24, 2.45) is 23.0 Å². The van der Waals surface area contributed by atoms with Crippen molar-refractivity contribution in [1.82, 2.24) is 0 Å². The molecule has 1 fully saturated rings. The number of rotatable bonds is 4. The molecule has 0 spiro atoms. The monoisotopic (exact) mass is 227 g/mol. The molecule has 1 rings (SSSR count). The summed E-state index contributed by atoms with van der Waals surface area (Å²) in [7, 11) is 0. The van der Waals surface area contributed by atoms with Crippen molar-refractivity contribution in [3.63, 3.8) is 0 Å². The fraction of sp³-hybridized carbons (Fsp3) is 1.00. The molecule has 1 aliphatic carbocycles. The van der Waals surface area contributed by atoms with Crippen molar-refractivity contribution in [2.75, 3.05) is 13.2 Å². The van der Waals surface area contributed by atoms with Gasteiger partial charge in [0.1, 0.15) is 0 Å². The molecule has 0 heterocycles. The van der Waals surface area contributed by atoms with Crippen molar-refractivity contribution < 1.29 is 4.74 Å². The normalized spacial score (nSPS) is 31.7. The molecule has 0 saturated heterocycles. The highest BCUT2D eigenvalue weighted by Gasteiger charge is 2.34. The van der Waals surface area contributed by atoms with E-state index in [0.717, 1.165) is 25.6 Å². The molecule has 0 bridgehead atoms. The Balaban J connectivity index is 2.42. The van der Waals surface area contributed by atoms with E-state index in [0.29, 0.717) is 17.4 Å². The van der Waals surface area contributed by atoms with Gasteiger partial charge < -0.3 is 10.5 Å². The lowest BCUT2D eigenvalue weighted by atomic mass is 9.68. The lowest BCUT2D eigenvalue weighted by Gasteiger charge is -2.40. The van der Waals surface area contributed by atoms with Gasteiger partial charge in [-0.25, -0.2) is 0 Å². The summed E-state index contributed by atoms with van der Waals surface area (Å²) in [6.45, 7) is 10.9. The van der Waals surface area contributed by atoms with Crippen LogP contribution in [0.2, 0.25) is 0 Å². The maximum Gasteiger partial charge on any atom is 0.0509 e. The van der Waals surface area contributed by atoms with E-state index in [1.165, 1.54) is 19.3 Å². The average Bonchev–Trinajstić information content (AvgIpc) is 2.19. The number of nitrogens with two attached hydrogens (primary N) is 1. The van der Waals surface area contributed by atoms with E-state index in [-0.39, 0.29) is 0 Å². The third kappa shape index (κ3) is 4.06. The predicted molar refractivity (Wildman–Crippen MR) is 69.4 cm³/mol. The quantitative estimate of drug-likeness (QED) is 0.749. The van der Waals surface area contributed by atoms with Gasteiger partial charge in [-0.1, -0.05) is 27.7 Å². The van der Waals surface area contributed by atoms with Crippen molar-refractivity contribution in [2.45, 2.75) is 59.4 Å². The molecule has 1 saturated carbocycles. The molecule has 2 N–H and O–H groups in total. The number of ether oxygens (including phenoxy) is 1. The van der Waals surface area contributed by atoms with Crippen LogP contribution in [0.3, 0.4) is 0 Å². The van der Waals surface area contributed by atoms with Crippen molar-refractivity contribution in [1.29, 1.82) is 0 Å². The average molecular weight is 227 g/mol. The highest BCUT2D eigenvalue weighted by Crippen LogP contribution is 2.39. The summed E-state index contributed by atoms with van der Waals surface area (Å²) < 4.78 is 5.67. The first-order valence-corrected chi connectivity index (χ1v) is 6.78. The van der Waals surface area contributed by atoms with E-state index in [9.17, 15) is 0 Å². The molecule has 0 aromatic carbocycles. The zero-order valence-electron chi connectivity index (χ0n) is 11.5. The minimum atomic E-state index is 0.357. The van der Waals surface area contributed by atoms with Crippen LogP contribution >= 0.6 is 0 Å². The van der Waals surface area contributed by atoms with E-state index >= 15 is 0 Å². The number of hydrogen-bond acceptors (Lipinski definition) is 2. The first-order chi connectivity index (χ1) is 7.45. The summed E-state index contributed by atoms with van der Waals surface area (Å²) in [6.07, 6.45) is 4.80. The number of hydrogen-bond donors (Lipinski definition) is 1. The molecule has 0 aliphatic heterocycles. The van der Waals surface area contributed by atoms with E-state index in [4.69, 9.17) is 10.5 Å². The molecule has 0 aromatic heterocycles. The Morgan fingerprint density at radius 2 is 1.94 bits per heavy atom. The topological polar surface area (TPSA) is 35.2 Å². The van der Waals surface area contributed by atoms with Gasteiger partial charge in [0.15, 0.2) is 0 Å². The highest BCUT2D eigenvalue weighted by atomic mass is 16.5. The zero-order valence-corrected chi connectivity index (χ0v) is 11.5. The molecule has 16 heavy (non-hydrogen) atoms. The standard InChI is InChI=1S/C14H29NO/c1-5-8-16-10-11-9-12(14(2,3)4)6-7-13(11)15/h11-13H,5-10,15H2,1-4H3. The van der Waals surface area contributed by atoms with Gasteiger partial charge in [0.25, 0.3) is 0 Å². The van der Waals surface area contributed by atoms with Gasteiger partial charge >= 0.3 is 0 Å². The predicted octanol–water partition coefficient (Wildman–Crippen LogP) is 3.20. The van der Waals surface area contributed by atoms with Gasteiger partial charge in [0.2, 0.25) is 0 Å². The minimum Gasteiger partial charge on any atom is -0.381 e. The molecule has 0 amide bonds. The maximum atomic E-state index is 6.19. The Morgan fingerprint density at radius 3 is 2.50 bits per heavy atom. The largest absolute Gasteiger partial charge is 0.381 e. The maximum absolute atomic E-state index is 6.19. The van der Waals surface area contributed by atoms with Crippen LogP contribution in [0.1, 0.15) is 53.4 Å². The minimum absolute atomic E-state index is 0.357. The van der Waals surface area contributed by atoms with Crippen LogP contribution in [-0.4, -0.2) is 19.3 Å². The summed E-state index contributed by atoms with van der Waals surface area (Å²) in [6, 6.07) is 0.357. The fourth-order valence-corrected chi connectivity index (χ4v) is 2.64. The lowest BCUT2D eigenvalue weighted by Crippen LogP contribution is -2.41. The van der Waals surface area contributed by atoms with Crippen molar-refractivity contribution in [3.8, 4) is 0 Å². The van der Waals surface area contributed by atoms with E-state index in [1.807, 2.05) is 0 Å². The van der Waals surface area contributed by atoms with E-state index in [2.05, 4.69) is 27.7 Å². The second kappa shape index (κ2) is 6.02. The molecular formula is C14H29NO. The zero-order chi connectivity index (χ0) is 12.2. The summed E-state index contributed by atoms with van der Waals surface area (Å²) in [5, 5.41) is 0. The van der Waals surface area contributed by atoms with E-state index < -0.39 is 0 Å². The first-order valence-electron chi connectivity index (χ1n) is 6.78. The first kappa shape index (κ1) is 14.0. The molecule has 0 aromatic rings. The van der Waals surface area contributed by atoms with Crippen LogP contribution in [0.4, 0.5) is 0 Å². The molecule has 2 heteroatoms. The fourth-order valence-electron chi connectivity index (χ4n) is 2.64. The van der Waals surface area contributed by atoms with Gasteiger partial charge in [0, 0.05) is 12.6 Å². The summed E-state index contributed by atoms with van der Waals surface area (Å²) >= 11 is 0. The second-order valence-electron chi connectivity index (χ2n) is 6.37. The van der Waals surface area contributed by atoms with Gasteiger partial charge in [0.05, 0.1) is 6.61 Å². The van der Waals surface area contributed by atoms with Crippen molar-refractivity contribution >= 4 is 0 Å². The third-order valence-corrected chi connectivity index (χ3v) is 3.95. The Bertz CT molecular complexity index is 197. The summed E-state index contributed by atoms with van der Waals surface area (Å²) in [5.74, 6) is 1.38. The Kier molecular flexibility index (Phi) is 5.26. The smallest absolute Gasteiger partial charge is 0.0509 e. The van der Waals surface area contributed by atoms with Crippen LogP contribution in [0.5, 0.6) is 0 Å². The van der Waals surface area contributed by atoms with Gasteiger partial charge in [-0.05, 0) is 42.9 Å². The molecule has 96 valence electrons. The Morgan fingerprint density at radius 1 is 1.25 bits per heavy atom. The summed E-state index contributed by atoms with van der Waals surface area (Å²) in [5.41, 5.74) is 6.61. The molecule has 1 aliphatic rings. The Labute approximate surface area is 101 Å². The molecule has 0 radical (unpaired) electrons. The van der Waals surface area contributed by atoms with Crippen LogP contribution < -0.4 is 5.73 Å². The van der Waals surface area contributed by atoms with E-state index in [1.54, 1.807) is 0 Å². The van der Waals surface area contributed by atoms with Crippen LogP contribution in [0.15, 0.2) is 0 Å². The Hall–Kier alpha value is -0.0800. The molecule has 3 unspecified atom stereocenters. The SMILES string of the molecule is CCCOCC1CC(C(C)(C)C)CCC1N. The highest BCUT2D eigenvalue weighted by molar-refractivity contribution is 4.87. The van der Waals surface area contributed by atoms with Gasteiger partial charge in [-0.3, -0.25) is 0 Å². The third-order valence-electron chi connectivity index (χ3n) is 3.95. The lowest BCUT2D eigenvalue weighted by molar-refractivity contribution is 0.0438. The van der Waals surface area contributed by atoms with Gasteiger partial charge in [-0.2, -0.15) is 0 Å². The van der Waals surface area contributed by atoms with Gasteiger partial charge in [-0.15, -0.1) is 0 Å². The van der Waals surface area contributed by atoms with Crippen LogP contribution in [0, 0.1) is 17.3 Å².